The zero-order valence-corrected chi connectivity index (χ0v) is 11.9. The third-order valence-corrected chi connectivity index (χ3v) is 3.45. The van der Waals surface area contributed by atoms with Gasteiger partial charge in [-0.1, -0.05) is 18.2 Å². The summed E-state index contributed by atoms with van der Waals surface area (Å²) in [5.41, 5.74) is 5.56. The van der Waals surface area contributed by atoms with E-state index in [0.717, 1.165) is 5.75 Å². The molecule has 1 aromatic rings. The lowest BCUT2D eigenvalue weighted by Crippen LogP contribution is -2.34. The molecule has 0 aliphatic carbocycles. The molecule has 0 aromatic heterocycles. The van der Waals surface area contributed by atoms with Crippen molar-refractivity contribution in [2.75, 3.05) is 12.3 Å². The maximum atomic E-state index is 11.5. The molecule has 0 heterocycles. The first kappa shape index (κ1) is 15.1. The third kappa shape index (κ3) is 7.35. The van der Waals surface area contributed by atoms with Gasteiger partial charge in [0.2, 0.25) is 5.91 Å². The van der Waals surface area contributed by atoms with Crippen molar-refractivity contribution in [2.45, 2.75) is 37.1 Å². The standard InChI is InChI=1S/C14H22N2OS/c1-14(2,15)9-8-13(17)16-10-11-18-12-6-4-3-5-7-12/h3-7H,8-11,15H2,1-2H3,(H,16,17). The first-order valence-corrected chi connectivity index (χ1v) is 7.19. The van der Waals surface area contributed by atoms with Gasteiger partial charge in [-0.15, -0.1) is 11.8 Å². The number of rotatable bonds is 7. The zero-order valence-electron chi connectivity index (χ0n) is 11.1. The van der Waals surface area contributed by atoms with Crippen molar-refractivity contribution >= 4 is 17.7 Å². The fourth-order valence-electron chi connectivity index (χ4n) is 1.40. The lowest BCUT2D eigenvalue weighted by atomic mass is 10.00. The largest absolute Gasteiger partial charge is 0.355 e. The van der Waals surface area contributed by atoms with Crippen LogP contribution in [0.2, 0.25) is 0 Å². The Labute approximate surface area is 114 Å². The van der Waals surface area contributed by atoms with E-state index < -0.39 is 0 Å². The summed E-state index contributed by atoms with van der Waals surface area (Å²) in [4.78, 5) is 12.8. The number of benzene rings is 1. The normalized spacial score (nSPS) is 11.3. The van der Waals surface area contributed by atoms with Crippen LogP contribution in [-0.4, -0.2) is 23.7 Å². The molecule has 0 aliphatic heterocycles. The molecule has 0 spiro atoms. The first-order valence-electron chi connectivity index (χ1n) is 6.21. The van der Waals surface area contributed by atoms with Crippen LogP contribution in [0.3, 0.4) is 0 Å². The molecular weight excluding hydrogens is 244 g/mol. The van der Waals surface area contributed by atoms with Crippen LogP contribution in [0.15, 0.2) is 35.2 Å². The van der Waals surface area contributed by atoms with Crippen molar-refractivity contribution in [1.29, 1.82) is 0 Å². The van der Waals surface area contributed by atoms with Gasteiger partial charge in [0.25, 0.3) is 0 Å². The number of hydrogen-bond donors (Lipinski definition) is 2. The van der Waals surface area contributed by atoms with Crippen LogP contribution in [0.1, 0.15) is 26.7 Å². The van der Waals surface area contributed by atoms with Crippen molar-refractivity contribution in [1.82, 2.24) is 5.32 Å². The molecule has 1 amide bonds. The highest BCUT2D eigenvalue weighted by Crippen LogP contribution is 2.15. The predicted octanol–water partition coefficient (Wildman–Crippen LogP) is 2.41. The zero-order chi connectivity index (χ0) is 13.4. The quantitative estimate of drug-likeness (QED) is 0.588. The smallest absolute Gasteiger partial charge is 0.220 e. The minimum absolute atomic E-state index is 0.0854. The SMILES string of the molecule is CC(C)(N)CCC(=O)NCCSc1ccccc1. The summed E-state index contributed by atoms with van der Waals surface area (Å²) < 4.78 is 0. The fourth-order valence-corrected chi connectivity index (χ4v) is 2.19. The van der Waals surface area contributed by atoms with Crippen LogP contribution in [0, 0.1) is 0 Å². The summed E-state index contributed by atoms with van der Waals surface area (Å²) in [6.45, 7) is 4.57. The third-order valence-electron chi connectivity index (χ3n) is 2.43. The molecule has 4 heteroatoms. The number of thioether (sulfide) groups is 1. The molecule has 0 fully saturated rings. The molecule has 18 heavy (non-hydrogen) atoms. The molecule has 3 N–H and O–H groups in total. The van der Waals surface area contributed by atoms with Gasteiger partial charge in [0.1, 0.15) is 0 Å². The van der Waals surface area contributed by atoms with E-state index in [1.165, 1.54) is 4.90 Å². The van der Waals surface area contributed by atoms with E-state index in [1.54, 1.807) is 11.8 Å². The second-order valence-electron chi connectivity index (χ2n) is 5.00. The van der Waals surface area contributed by atoms with Gasteiger partial charge in [0, 0.05) is 29.2 Å². The van der Waals surface area contributed by atoms with Crippen molar-refractivity contribution in [3.8, 4) is 0 Å². The second-order valence-corrected chi connectivity index (χ2v) is 6.17. The highest BCUT2D eigenvalue weighted by atomic mass is 32.2. The molecule has 0 atom stereocenters. The summed E-state index contributed by atoms with van der Waals surface area (Å²) in [7, 11) is 0. The van der Waals surface area contributed by atoms with Crippen LogP contribution in [0.5, 0.6) is 0 Å². The molecule has 0 saturated carbocycles. The van der Waals surface area contributed by atoms with Gasteiger partial charge in [0.05, 0.1) is 0 Å². The number of nitrogens with one attached hydrogen (secondary N) is 1. The number of nitrogens with two attached hydrogens (primary N) is 1. The molecule has 0 unspecified atom stereocenters. The summed E-state index contributed by atoms with van der Waals surface area (Å²) in [5, 5.41) is 2.91. The van der Waals surface area contributed by atoms with Crippen LogP contribution >= 0.6 is 11.8 Å². The molecule has 0 saturated heterocycles. The fraction of sp³-hybridized carbons (Fsp3) is 0.500. The van der Waals surface area contributed by atoms with Gasteiger partial charge < -0.3 is 11.1 Å². The highest BCUT2D eigenvalue weighted by molar-refractivity contribution is 7.99. The Balaban J connectivity index is 2.09. The number of carbonyl (C=O) groups excluding carboxylic acids is 1. The Kier molecular flexibility index (Phi) is 6.22. The molecule has 1 rings (SSSR count). The van der Waals surface area contributed by atoms with Gasteiger partial charge in [0.15, 0.2) is 0 Å². The lowest BCUT2D eigenvalue weighted by Gasteiger charge is -2.17. The molecule has 0 aliphatic rings. The summed E-state index contributed by atoms with van der Waals surface area (Å²) >= 11 is 1.75. The molecule has 0 bridgehead atoms. The Morgan fingerprint density at radius 2 is 2.00 bits per heavy atom. The Hall–Kier alpha value is -1.00. The molecule has 0 radical (unpaired) electrons. The monoisotopic (exact) mass is 266 g/mol. The predicted molar refractivity (Wildman–Crippen MR) is 77.7 cm³/mol. The molecule has 1 aromatic carbocycles. The number of hydrogen-bond acceptors (Lipinski definition) is 3. The van der Waals surface area contributed by atoms with E-state index in [1.807, 2.05) is 32.0 Å². The van der Waals surface area contributed by atoms with E-state index in [4.69, 9.17) is 5.73 Å². The molecular formula is C14H22N2OS. The van der Waals surface area contributed by atoms with E-state index in [9.17, 15) is 4.79 Å². The van der Waals surface area contributed by atoms with E-state index in [-0.39, 0.29) is 11.4 Å². The Bertz CT molecular complexity index is 360. The van der Waals surface area contributed by atoms with Crippen LogP contribution in [0.25, 0.3) is 0 Å². The minimum Gasteiger partial charge on any atom is -0.355 e. The summed E-state index contributed by atoms with van der Waals surface area (Å²) in [6, 6.07) is 10.2. The van der Waals surface area contributed by atoms with Crippen molar-refractivity contribution < 1.29 is 4.79 Å². The minimum atomic E-state index is -0.268. The van der Waals surface area contributed by atoms with E-state index >= 15 is 0 Å². The van der Waals surface area contributed by atoms with Gasteiger partial charge in [-0.2, -0.15) is 0 Å². The van der Waals surface area contributed by atoms with Crippen molar-refractivity contribution in [2.24, 2.45) is 5.73 Å². The van der Waals surface area contributed by atoms with Crippen LogP contribution in [-0.2, 0) is 4.79 Å². The number of amides is 1. The topological polar surface area (TPSA) is 55.1 Å². The molecule has 3 nitrogen and oxygen atoms in total. The lowest BCUT2D eigenvalue weighted by molar-refractivity contribution is -0.121. The van der Waals surface area contributed by atoms with Gasteiger partial charge in [-0.05, 0) is 32.4 Å². The summed E-state index contributed by atoms with van der Waals surface area (Å²) in [6.07, 6.45) is 1.21. The maximum absolute atomic E-state index is 11.5. The number of carbonyl (C=O) groups is 1. The van der Waals surface area contributed by atoms with Gasteiger partial charge in [-0.25, -0.2) is 0 Å². The van der Waals surface area contributed by atoms with Gasteiger partial charge >= 0.3 is 0 Å². The Morgan fingerprint density at radius 1 is 1.33 bits per heavy atom. The first-order chi connectivity index (χ1) is 8.47. The van der Waals surface area contributed by atoms with E-state index in [2.05, 4.69) is 17.4 Å². The Morgan fingerprint density at radius 3 is 2.61 bits per heavy atom. The van der Waals surface area contributed by atoms with Crippen LogP contribution in [0.4, 0.5) is 0 Å². The average Bonchev–Trinajstić information content (AvgIpc) is 2.33. The summed E-state index contributed by atoms with van der Waals surface area (Å²) in [5.74, 6) is 0.976. The van der Waals surface area contributed by atoms with Gasteiger partial charge in [-0.3, -0.25) is 4.79 Å². The average molecular weight is 266 g/mol. The van der Waals surface area contributed by atoms with E-state index in [0.29, 0.717) is 19.4 Å². The molecule has 100 valence electrons. The van der Waals surface area contributed by atoms with Crippen molar-refractivity contribution in [3.63, 3.8) is 0 Å². The maximum Gasteiger partial charge on any atom is 0.220 e. The highest BCUT2D eigenvalue weighted by Gasteiger charge is 2.12. The van der Waals surface area contributed by atoms with Crippen LogP contribution < -0.4 is 11.1 Å². The second kappa shape index (κ2) is 7.44. The van der Waals surface area contributed by atoms with Crippen molar-refractivity contribution in [3.05, 3.63) is 30.3 Å².